The number of pyridine rings is 1. The highest BCUT2D eigenvalue weighted by Gasteiger charge is 2.16. The van der Waals surface area contributed by atoms with Gasteiger partial charge in [0.15, 0.2) is 0 Å². The minimum Gasteiger partial charge on any atom is -0.326 e. The number of nitrogens with two attached hydrogens (primary N) is 1. The smallest absolute Gasteiger partial charge is 0.146 e. The van der Waals surface area contributed by atoms with Crippen LogP contribution >= 0.6 is 31.9 Å². The van der Waals surface area contributed by atoms with Gasteiger partial charge in [0.25, 0.3) is 0 Å². The third kappa shape index (κ3) is 2.49. The quantitative estimate of drug-likeness (QED) is 0.678. The molecule has 0 spiro atoms. The predicted octanol–water partition coefficient (Wildman–Crippen LogP) is 4.26. The Labute approximate surface area is 136 Å². The highest BCUT2D eigenvalue weighted by molar-refractivity contribution is 9.11. The average molecular weight is 417 g/mol. The van der Waals surface area contributed by atoms with E-state index in [9.17, 15) is 8.78 Å². The molecule has 0 unspecified atom stereocenters. The van der Waals surface area contributed by atoms with E-state index in [1.165, 1.54) is 12.1 Å². The number of fused-ring (bicyclic) bond motifs is 1. The van der Waals surface area contributed by atoms with E-state index in [4.69, 9.17) is 5.73 Å². The maximum absolute atomic E-state index is 13.4. The molecule has 0 saturated heterocycles. The van der Waals surface area contributed by atoms with Gasteiger partial charge in [0, 0.05) is 34.4 Å². The Morgan fingerprint density at radius 2 is 1.81 bits per heavy atom. The maximum atomic E-state index is 13.4. The number of benzene rings is 1. The molecule has 0 radical (unpaired) electrons. The maximum Gasteiger partial charge on any atom is 0.146 e. The van der Waals surface area contributed by atoms with Crippen LogP contribution in [-0.4, -0.2) is 9.38 Å². The van der Waals surface area contributed by atoms with Crippen molar-refractivity contribution in [1.29, 1.82) is 0 Å². The number of imidazole rings is 1. The third-order valence-corrected chi connectivity index (χ3v) is 4.43. The topological polar surface area (TPSA) is 43.3 Å². The molecule has 0 aliphatic rings. The van der Waals surface area contributed by atoms with Crippen LogP contribution in [0.1, 0.15) is 5.56 Å². The number of hydrogen-bond donors (Lipinski definition) is 1. The molecule has 0 aliphatic carbocycles. The molecular weight excluding hydrogens is 408 g/mol. The van der Waals surface area contributed by atoms with Crippen LogP contribution in [0.25, 0.3) is 16.9 Å². The van der Waals surface area contributed by atoms with Crippen LogP contribution in [0.3, 0.4) is 0 Å². The Morgan fingerprint density at radius 1 is 1.14 bits per heavy atom. The fraction of sp³-hybridized carbons (Fsp3) is 0.0714. The molecule has 3 nitrogen and oxygen atoms in total. The van der Waals surface area contributed by atoms with Crippen molar-refractivity contribution in [1.82, 2.24) is 9.38 Å². The Balaban J connectivity index is 2.34. The zero-order valence-corrected chi connectivity index (χ0v) is 13.7. The summed E-state index contributed by atoms with van der Waals surface area (Å²) in [6.07, 6.45) is 1.77. The first kappa shape index (κ1) is 14.6. The molecular formula is C14H9Br2F2N3. The van der Waals surface area contributed by atoms with Crippen molar-refractivity contribution in [3.63, 3.8) is 0 Å². The van der Waals surface area contributed by atoms with Gasteiger partial charge in [0.2, 0.25) is 0 Å². The lowest BCUT2D eigenvalue weighted by atomic mass is 10.2. The highest BCUT2D eigenvalue weighted by atomic mass is 79.9. The minimum absolute atomic E-state index is 0.312. The molecule has 0 bridgehead atoms. The lowest BCUT2D eigenvalue weighted by Gasteiger charge is -2.07. The zero-order chi connectivity index (χ0) is 15.1. The number of halogens is 4. The second kappa shape index (κ2) is 5.47. The molecule has 2 N–H and O–H groups in total. The summed E-state index contributed by atoms with van der Waals surface area (Å²) in [6.45, 7) is 0.312. The van der Waals surface area contributed by atoms with Crippen molar-refractivity contribution in [2.24, 2.45) is 5.73 Å². The van der Waals surface area contributed by atoms with Crippen LogP contribution in [0, 0.1) is 11.6 Å². The molecule has 0 fully saturated rings. The van der Waals surface area contributed by atoms with Gasteiger partial charge in [-0.25, -0.2) is 13.8 Å². The standard InChI is InChI=1S/C14H9Br2F2N3/c15-11-1-2-21-12(10(11)6-19)13(16)20-14(21)7-3-8(17)5-9(18)4-7/h1-5H,6,19H2. The molecule has 108 valence electrons. The summed E-state index contributed by atoms with van der Waals surface area (Å²) < 4.78 is 30.0. The van der Waals surface area contributed by atoms with Gasteiger partial charge in [-0.05, 0) is 34.1 Å². The van der Waals surface area contributed by atoms with Crippen molar-refractivity contribution >= 4 is 37.4 Å². The molecule has 0 atom stereocenters. The van der Waals surface area contributed by atoms with Gasteiger partial charge >= 0.3 is 0 Å². The van der Waals surface area contributed by atoms with E-state index in [-0.39, 0.29) is 0 Å². The molecule has 1 aromatic carbocycles. The third-order valence-electron chi connectivity index (χ3n) is 3.14. The molecule has 0 saturated carbocycles. The predicted molar refractivity (Wildman–Crippen MR) is 83.8 cm³/mol. The van der Waals surface area contributed by atoms with E-state index in [0.29, 0.717) is 22.5 Å². The van der Waals surface area contributed by atoms with Crippen LogP contribution in [0.4, 0.5) is 8.78 Å². The Bertz CT molecular complexity index is 826. The SMILES string of the molecule is NCc1c(Br)ccn2c(-c3cc(F)cc(F)c3)nc(Br)c12. The Hall–Kier alpha value is -1.31. The number of hydrogen-bond acceptors (Lipinski definition) is 2. The first-order chi connectivity index (χ1) is 10.0. The summed E-state index contributed by atoms with van der Waals surface area (Å²) in [7, 11) is 0. The van der Waals surface area contributed by atoms with Gasteiger partial charge in [-0.3, -0.25) is 4.40 Å². The van der Waals surface area contributed by atoms with E-state index in [1.807, 2.05) is 6.07 Å². The van der Waals surface area contributed by atoms with Crippen LogP contribution in [0.5, 0.6) is 0 Å². The largest absolute Gasteiger partial charge is 0.326 e. The van der Waals surface area contributed by atoms with E-state index in [0.717, 1.165) is 21.6 Å². The van der Waals surface area contributed by atoms with Crippen LogP contribution in [-0.2, 0) is 6.54 Å². The van der Waals surface area contributed by atoms with Crippen molar-refractivity contribution in [2.45, 2.75) is 6.54 Å². The van der Waals surface area contributed by atoms with Gasteiger partial charge in [-0.2, -0.15) is 0 Å². The highest BCUT2D eigenvalue weighted by Crippen LogP contribution is 2.32. The molecule has 7 heteroatoms. The summed E-state index contributed by atoms with van der Waals surface area (Å²) in [5.74, 6) is -0.847. The van der Waals surface area contributed by atoms with Gasteiger partial charge in [0.05, 0.1) is 5.52 Å². The molecule has 2 aromatic heterocycles. The summed E-state index contributed by atoms with van der Waals surface area (Å²) in [5, 5.41) is 0. The van der Waals surface area contributed by atoms with Gasteiger partial charge in [0.1, 0.15) is 22.1 Å². The first-order valence-electron chi connectivity index (χ1n) is 6.02. The Morgan fingerprint density at radius 3 is 2.43 bits per heavy atom. The second-order valence-electron chi connectivity index (χ2n) is 4.45. The van der Waals surface area contributed by atoms with Crippen molar-refractivity contribution < 1.29 is 8.78 Å². The lowest BCUT2D eigenvalue weighted by molar-refractivity contribution is 0.584. The molecule has 21 heavy (non-hydrogen) atoms. The summed E-state index contributed by atoms with van der Waals surface area (Å²) in [6, 6.07) is 5.14. The molecule has 0 amide bonds. The first-order valence-corrected chi connectivity index (χ1v) is 7.61. The normalized spacial score (nSPS) is 11.3. The molecule has 2 heterocycles. The second-order valence-corrected chi connectivity index (χ2v) is 6.05. The molecule has 0 aliphatic heterocycles. The molecule has 3 rings (SSSR count). The lowest BCUT2D eigenvalue weighted by Crippen LogP contribution is -2.01. The monoisotopic (exact) mass is 415 g/mol. The van der Waals surface area contributed by atoms with E-state index < -0.39 is 11.6 Å². The Kier molecular flexibility index (Phi) is 3.81. The average Bonchev–Trinajstić information content (AvgIpc) is 2.75. The van der Waals surface area contributed by atoms with Crippen molar-refractivity contribution in [3.8, 4) is 11.4 Å². The van der Waals surface area contributed by atoms with Crippen molar-refractivity contribution in [2.75, 3.05) is 0 Å². The summed E-state index contributed by atoms with van der Waals surface area (Å²) in [4.78, 5) is 4.36. The van der Waals surface area contributed by atoms with Gasteiger partial charge < -0.3 is 5.73 Å². The number of aromatic nitrogens is 2. The zero-order valence-electron chi connectivity index (χ0n) is 10.6. The van der Waals surface area contributed by atoms with Crippen LogP contribution in [0.2, 0.25) is 0 Å². The fourth-order valence-corrected chi connectivity index (χ4v) is 3.32. The van der Waals surface area contributed by atoms with Gasteiger partial charge in [-0.1, -0.05) is 15.9 Å². The van der Waals surface area contributed by atoms with E-state index >= 15 is 0 Å². The number of nitrogens with zero attached hydrogens (tertiary/aromatic N) is 2. The van der Waals surface area contributed by atoms with E-state index in [1.54, 1.807) is 10.6 Å². The van der Waals surface area contributed by atoms with E-state index in [2.05, 4.69) is 36.8 Å². The van der Waals surface area contributed by atoms with Crippen molar-refractivity contribution in [3.05, 3.63) is 56.7 Å². The minimum atomic E-state index is -0.644. The fourth-order valence-electron chi connectivity index (χ4n) is 2.25. The number of rotatable bonds is 2. The van der Waals surface area contributed by atoms with Crippen LogP contribution in [0.15, 0.2) is 39.5 Å². The molecule has 3 aromatic rings. The summed E-state index contributed by atoms with van der Waals surface area (Å²) >= 11 is 6.82. The summed E-state index contributed by atoms with van der Waals surface area (Å²) in [5.41, 5.74) is 7.76. The van der Waals surface area contributed by atoms with Crippen LogP contribution < -0.4 is 5.73 Å². The van der Waals surface area contributed by atoms with Gasteiger partial charge in [-0.15, -0.1) is 0 Å².